The molecule has 0 bridgehead atoms. The van der Waals surface area contributed by atoms with Crippen LogP contribution >= 0.6 is 0 Å². The molecule has 0 spiro atoms. The van der Waals surface area contributed by atoms with Crippen LogP contribution in [0.2, 0.25) is 0 Å². The molecule has 2 unspecified atom stereocenters. The van der Waals surface area contributed by atoms with Crippen LogP contribution in [0.5, 0.6) is 5.75 Å². The van der Waals surface area contributed by atoms with Gasteiger partial charge in [0.25, 0.3) is 0 Å². The number of benzene rings is 1. The lowest BCUT2D eigenvalue weighted by molar-refractivity contribution is 0.326. The molecule has 5 heteroatoms. The minimum atomic E-state index is 0.199. The standard InChI is InChI=1S/C14H17N3O2/c15-8-10-4-2-6-12(10)14-16-13(17-19-14)9-3-1-5-11(18)7-9/h1,3,5,7,10,12,18H,2,4,6,8,15H2. The number of hydrogen-bond acceptors (Lipinski definition) is 5. The molecule has 0 radical (unpaired) electrons. The maximum Gasteiger partial charge on any atom is 0.230 e. The van der Waals surface area contributed by atoms with E-state index in [0.29, 0.717) is 24.2 Å². The molecule has 1 fully saturated rings. The minimum Gasteiger partial charge on any atom is -0.508 e. The van der Waals surface area contributed by atoms with Crippen LogP contribution in [-0.2, 0) is 0 Å². The van der Waals surface area contributed by atoms with Gasteiger partial charge in [-0.15, -0.1) is 0 Å². The Morgan fingerprint density at radius 3 is 3.05 bits per heavy atom. The minimum absolute atomic E-state index is 0.199. The Kier molecular flexibility index (Phi) is 3.21. The van der Waals surface area contributed by atoms with Gasteiger partial charge in [-0.2, -0.15) is 4.98 Å². The molecule has 1 aromatic carbocycles. The number of phenolic OH excluding ortho intramolecular Hbond substituents is 1. The van der Waals surface area contributed by atoms with Crippen LogP contribution in [0.3, 0.4) is 0 Å². The lowest BCUT2D eigenvalue weighted by Crippen LogP contribution is -2.17. The van der Waals surface area contributed by atoms with E-state index in [1.165, 1.54) is 0 Å². The second kappa shape index (κ2) is 5.01. The van der Waals surface area contributed by atoms with Crippen LogP contribution in [0.15, 0.2) is 28.8 Å². The van der Waals surface area contributed by atoms with Crippen molar-refractivity contribution in [2.24, 2.45) is 11.7 Å². The van der Waals surface area contributed by atoms with E-state index in [-0.39, 0.29) is 11.7 Å². The highest BCUT2D eigenvalue weighted by molar-refractivity contribution is 5.56. The normalized spacial score (nSPS) is 22.8. The van der Waals surface area contributed by atoms with Gasteiger partial charge in [0.2, 0.25) is 11.7 Å². The van der Waals surface area contributed by atoms with Gasteiger partial charge in [0, 0.05) is 11.5 Å². The van der Waals surface area contributed by atoms with Gasteiger partial charge in [0.15, 0.2) is 0 Å². The van der Waals surface area contributed by atoms with E-state index in [2.05, 4.69) is 10.1 Å². The third kappa shape index (κ3) is 2.33. The van der Waals surface area contributed by atoms with Crippen LogP contribution < -0.4 is 5.73 Å². The quantitative estimate of drug-likeness (QED) is 0.883. The smallest absolute Gasteiger partial charge is 0.230 e. The van der Waals surface area contributed by atoms with Crippen LogP contribution in [0.25, 0.3) is 11.4 Å². The number of aromatic hydroxyl groups is 1. The fourth-order valence-electron chi connectivity index (χ4n) is 2.79. The van der Waals surface area contributed by atoms with E-state index in [1.807, 2.05) is 6.07 Å². The van der Waals surface area contributed by atoms with E-state index in [4.69, 9.17) is 10.3 Å². The molecule has 1 aliphatic rings. The van der Waals surface area contributed by atoms with Crippen molar-refractivity contribution in [3.8, 4) is 17.1 Å². The van der Waals surface area contributed by atoms with Gasteiger partial charge in [-0.25, -0.2) is 0 Å². The zero-order valence-electron chi connectivity index (χ0n) is 10.6. The van der Waals surface area contributed by atoms with E-state index >= 15 is 0 Å². The predicted octanol–water partition coefficient (Wildman–Crippen LogP) is 2.28. The number of aromatic nitrogens is 2. The Morgan fingerprint density at radius 2 is 2.26 bits per heavy atom. The highest BCUT2D eigenvalue weighted by Crippen LogP contribution is 2.38. The van der Waals surface area contributed by atoms with Crippen molar-refractivity contribution in [3.05, 3.63) is 30.2 Å². The first-order valence-electron chi connectivity index (χ1n) is 6.61. The lowest BCUT2D eigenvalue weighted by atomic mass is 9.96. The first kappa shape index (κ1) is 12.2. The second-order valence-electron chi connectivity index (χ2n) is 5.04. The SMILES string of the molecule is NCC1CCCC1c1nc(-c2cccc(O)c2)no1. The van der Waals surface area contributed by atoms with Gasteiger partial charge in [0.1, 0.15) is 5.75 Å². The molecule has 1 aliphatic carbocycles. The molecule has 1 saturated carbocycles. The van der Waals surface area contributed by atoms with E-state index in [1.54, 1.807) is 18.2 Å². The first-order chi connectivity index (χ1) is 9.28. The second-order valence-corrected chi connectivity index (χ2v) is 5.04. The molecule has 5 nitrogen and oxygen atoms in total. The van der Waals surface area contributed by atoms with Gasteiger partial charge in [-0.3, -0.25) is 0 Å². The van der Waals surface area contributed by atoms with E-state index < -0.39 is 0 Å². The fourth-order valence-corrected chi connectivity index (χ4v) is 2.79. The summed E-state index contributed by atoms with van der Waals surface area (Å²) in [5.41, 5.74) is 6.54. The van der Waals surface area contributed by atoms with Crippen LogP contribution in [-0.4, -0.2) is 21.8 Å². The summed E-state index contributed by atoms with van der Waals surface area (Å²) < 4.78 is 5.38. The molecule has 19 heavy (non-hydrogen) atoms. The summed E-state index contributed by atoms with van der Waals surface area (Å²) in [6.07, 6.45) is 3.35. The maximum atomic E-state index is 9.47. The molecule has 0 aliphatic heterocycles. The zero-order valence-corrected chi connectivity index (χ0v) is 10.6. The van der Waals surface area contributed by atoms with Crippen molar-refractivity contribution in [3.63, 3.8) is 0 Å². The maximum absolute atomic E-state index is 9.47. The molecule has 2 atom stereocenters. The Balaban J connectivity index is 1.87. The summed E-state index contributed by atoms with van der Waals surface area (Å²) in [5.74, 6) is 2.12. The summed E-state index contributed by atoms with van der Waals surface area (Å²) in [6, 6.07) is 6.86. The average molecular weight is 259 g/mol. The van der Waals surface area contributed by atoms with Gasteiger partial charge in [-0.1, -0.05) is 23.7 Å². The molecule has 3 N–H and O–H groups in total. The Morgan fingerprint density at radius 1 is 1.37 bits per heavy atom. The monoisotopic (exact) mass is 259 g/mol. The van der Waals surface area contributed by atoms with Gasteiger partial charge in [0.05, 0.1) is 0 Å². The Bertz CT molecular complexity index is 567. The van der Waals surface area contributed by atoms with Crippen molar-refractivity contribution in [2.45, 2.75) is 25.2 Å². The van der Waals surface area contributed by atoms with Crippen molar-refractivity contribution in [1.29, 1.82) is 0 Å². The molecule has 1 heterocycles. The highest BCUT2D eigenvalue weighted by atomic mass is 16.5. The number of phenols is 1. The van der Waals surface area contributed by atoms with Gasteiger partial charge < -0.3 is 15.4 Å². The van der Waals surface area contributed by atoms with Crippen LogP contribution in [0.1, 0.15) is 31.1 Å². The number of hydrogen-bond donors (Lipinski definition) is 2. The molecule has 3 rings (SSSR count). The topological polar surface area (TPSA) is 85.2 Å². The first-order valence-corrected chi connectivity index (χ1v) is 6.61. The third-order valence-corrected chi connectivity index (χ3v) is 3.83. The summed E-state index contributed by atoms with van der Waals surface area (Å²) in [5, 5.41) is 13.5. The van der Waals surface area contributed by atoms with Crippen LogP contribution in [0, 0.1) is 5.92 Å². The zero-order chi connectivity index (χ0) is 13.2. The summed E-state index contributed by atoms with van der Waals surface area (Å²) in [6.45, 7) is 0.661. The number of nitrogens with two attached hydrogens (primary N) is 1. The van der Waals surface area contributed by atoms with Gasteiger partial charge in [-0.05, 0) is 37.4 Å². The average Bonchev–Trinajstić information content (AvgIpc) is 3.07. The predicted molar refractivity (Wildman–Crippen MR) is 70.5 cm³/mol. The van der Waals surface area contributed by atoms with Gasteiger partial charge >= 0.3 is 0 Å². The summed E-state index contributed by atoms with van der Waals surface area (Å²) >= 11 is 0. The molecular formula is C14H17N3O2. The molecule has 1 aromatic heterocycles. The van der Waals surface area contributed by atoms with Crippen molar-refractivity contribution in [2.75, 3.05) is 6.54 Å². The summed E-state index contributed by atoms with van der Waals surface area (Å²) in [7, 11) is 0. The largest absolute Gasteiger partial charge is 0.508 e. The fraction of sp³-hybridized carbons (Fsp3) is 0.429. The highest BCUT2D eigenvalue weighted by Gasteiger charge is 2.31. The Labute approximate surface area is 111 Å². The molecular weight excluding hydrogens is 242 g/mol. The number of rotatable bonds is 3. The Hall–Kier alpha value is -1.88. The molecule has 100 valence electrons. The lowest BCUT2D eigenvalue weighted by Gasteiger charge is -2.12. The van der Waals surface area contributed by atoms with Crippen molar-refractivity contribution in [1.82, 2.24) is 10.1 Å². The van der Waals surface area contributed by atoms with Crippen molar-refractivity contribution < 1.29 is 9.63 Å². The molecule has 0 amide bonds. The number of nitrogens with zero attached hydrogens (tertiary/aromatic N) is 2. The van der Waals surface area contributed by atoms with E-state index in [0.717, 1.165) is 24.8 Å². The summed E-state index contributed by atoms with van der Waals surface area (Å²) in [4.78, 5) is 4.46. The molecule has 2 aromatic rings. The third-order valence-electron chi connectivity index (χ3n) is 3.83. The van der Waals surface area contributed by atoms with E-state index in [9.17, 15) is 5.11 Å². The van der Waals surface area contributed by atoms with Crippen molar-refractivity contribution >= 4 is 0 Å². The van der Waals surface area contributed by atoms with Crippen LogP contribution in [0.4, 0.5) is 0 Å². The molecule has 0 saturated heterocycles.